The number of pyridine rings is 1. The number of para-hydroxylation sites is 2. The van der Waals surface area contributed by atoms with Gasteiger partial charge in [-0.25, -0.2) is 9.97 Å². The van der Waals surface area contributed by atoms with Gasteiger partial charge >= 0.3 is 0 Å². The Balaban J connectivity index is 1.68. The van der Waals surface area contributed by atoms with Gasteiger partial charge in [-0.3, -0.25) is 9.59 Å². The van der Waals surface area contributed by atoms with Crippen LogP contribution in [0.4, 0.5) is 0 Å². The number of H-pyrrole nitrogens is 1. The number of hydrogen-bond acceptors (Lipinski definition) is 4. The molecule has 0 bridgehead atoms. The number of aromatic nitrogens is 3. The van der Waals surface area contributed by atoms with E-state index in [4.69, 9.17) is 4.98 Å². The molecule has 0 unspecified atom stereocenters. The molecule has 3 aromatic rings. The Labute approximate surface area is 144 Å². The van der Waals surface area contributed by atoms with Gasteiger partial charge in [-0.1, -0.05) is 18.2 Å². The summed E-state index contributed by atoms with van der Waals surface area (Å²) >= 11 is 0. The first-order valence-corrected chi connectivity index (χ1v) is 8.32. The molecule has 1 saturated carbocycles. The SMILES string of the molecule is CN(Cc1cccc(=O)[nH]1)C(=O)c1nc2ccccc2nc1C1CC1. The van der Waals surface area contributed by atoms with Crippen LogP contribution in [0, 0.1) is 0 Å². The molecule has 2 heterocycles. The monoisotopic (exact) mass is 334 g/mol. The van der Waals surface area contributed by atoms with Crippen LogP contribution in [-0.4, -0.2) is 32.8 Å². The van der Waals surface area contributed by atoms with Crippen molar-refractivity contribution in [3.8, 4) is 0 Å². The van der Waals surface area contributed by atoms with Gasteiger partial charge in [0.2, 0.25) is 5.56 Å². The smallest absolute Gasteiger partial charge is 0.274 e. The minimum Gasteiger partial charge on any atom is -0.334 e. The molecule has 0 aliphatic heterocycles. The van der Waals surface area contributed by atoms with Crippen LogP contribution in [0.3, 0.4) is 0 Å². The lowest BCUT2D eigenvalue weighted by atomic mass is 10.1. The van der Waals surface area contributed by atoms with E-state index >= 15 is 0 Å². The van der Waals surface area contributed by atoms with Gasteiger partial charge in [0.05, 0.1) is 23.3 Å². The Hall–Kier alpha value is -3.02. The molecule has 1 aliphatic rings. The van der Waals surface area contributed by atoms with Crippen molar-refractivity contribution in [3.05, 3.63) is 69.9 Å². The van der Waals surface area contributed by atoms with Crippen molar-refractivity contribution in [3.63, 3.8) is 0 Å². The first kappa shape index (κ1) is 15.5. The zero-order valence-corrected chi connectivity index (χ0v) is 13.9. The van der Waals surface area contributed by atoms with Gasteiger partial charge in [0.15, 0.2) is 5.69 Å². The number of carbonyl (C=O) groups is 1. The highest BCUT2D eigenvalue weighted by molar-refractivity contribution is 5.95. The number of aromatic amines is 1. The first-order chi connectivity index (χ1) is 12.1. The number of amides is 1. The topological polar surface area (TPSA) is 79.0 Å². The molecule has 4 rings (SSSR count). The highest BCUT2D eigenvalue weighted by Crippen LogP contribution is 2.41. The van der Waals surface area contributed by atoms with E-state index in [9.17, 15) is 9.59 Å². The average molecular weight is 334 g/mol. The van der Waals surface area contributed by atoms with Crippen molar-refractivity contribution >= 4 is 16.9 Å². The van der Waals surface area contributed by atoms with Crippen LogP contribution in [0.2, 0.25) is 0 Å². The minimum atomic E-state index is -0.178. The second kappa shape index (κ2) is 6.12. The molecule has 1 fully saturated rings. The standard InChI is InChI=1S/C19H18N4O2/c1-23(11-13-5-4-8-16(24)20-13)19(25)18-17(12-9-10-12)21-14-6-2-3-7-15(14)22-18/h2-8,12H,9-11H2,1H3,(H,20,24). The van der Waals surface area contributed by atoms with E-state index in [1.807, 2.05) is 24.3 Å². The number of benzene rings is 1. The summed E-state index contributed by atoms with van der Waals surface area (Å²) in [5.41, 5.74) is 3.25. The first-order valence-electron chi connectivity index (χ1n) is 8.32. The average Bonchev–Trinajstić information content (AvgIpc) is 3.45. The van der Waals surface area contributed by atoms with E-state index in [0.717, 1.165) is 29.6 Å². The van der Waals surface area contributed by atoms with E-state index in [1.165, 1.54) is 6.07 Å². The highest BCUT2D eigenvalue weighted by atomic mass is 16.2. The van der Waals surface area contributed by atoms with Crippen molar-refractivity contribution < 1.29 is 4.79 Å². The molecule has 0 atom stereocenters. The van der Waals surface area contributed by atoms with Crippen LogP contribution in [-0.2, 0) is 6.54 Å². The summed E-state index contributed by atoms with van der Waals surface area (Å²) in [4.78, 5) is 38.0. The predicted octanol–water partition coefficient (Wildman–Crippen LogP) is 2.47. The third-order valence-corrected chi connectivity index (χ3v) is 4.35. The third-order valence-electron chi connectivity index (χ3n) is 4.35. The van der Waals surface area contributed by atoms with Crippen LogP contribution in [0.15, 0.2) is 47.3 Å². The number of rotatable bonds is 4. The van der Waals surface area contributed by atoms with Crippen molar-refractivity contribution in [1.29, 1.82) is 0 Å². The maximum Gasteiger partial charge on any atom is 0.274 e. The van der Waals surface area contributed by atoms with Crippen molar-refractivity contribution in [1.82, 2.24) is 19.9 Å². The Bertz CT molecular complexity index is 1010. The van der Waals surface area contributed by atoms with Crippen molar-refractivity contribution in [2.75, 3.05) is 7.05 Å². The maximum atomic E-state index is 13.0. The van der Waals surface area contributed by atoms with Gasteiger partial charge in [0.1, 0.15) is 0 Å². The molecule has 1 amide bonds. The molecule has 0 spiro atoms. The van der Waals surface area contributed by atoms with E-state index < -0.39 is 0 Å². The molecule has 0 saturated heterocycles. The number of nitrogens with zero attached hydrogens (tertiary/aromatic N) is 3. The van der Waals surface area contributed by atoms with E-state index in [1.54, 1.807) is 24.1 Å². The van der Waals surface area contributed by atoms with Gasteiger partial charge in [-0.05, 0) is 31.0 Å². The van der Waals surface area contributed by atoms with Crippen LogP contribution in [0.5, 0.6) is 0 Å². The second-order valence-electron chi connectivity index (χ2n) is 6.42. The minimum absolute atomic E-state index is 0.176. The highest BCUT2D eigenvalue weighted by Gasteiger charge is 2.32. The summed E-state index contributed by atoms with van der Waals surface area (Å²) in [6.45, 7) is 0.313. The molecule has 6 nitrogen and oxygen atoms in total. The lowest BCUT2D eigenvalue weighted by molar-refractivity contribution is 0.0776. The normalized spacial score (nSPS) is 13.8. The molecule has 6 heteroatoms. The molecular formula is C19H18N4O2. The lowest BCUT2D eigenvalue weighted by Gasteiger charge is -2.18. The summed E-state index contributed by atoms with van der Waals surface area (Å²) in [5.74, 6) is 0.144. The fraction of sp³-hybridized carbons (Fsp3) is 0.263. The van der Waals surface area contributed by atoms with E-state index in [0.29, 0.717) is 23.9 Å². The molecule has 1 aliphatic carbocycles. The van der Waals surface area contributed by atoms with Crippen molar-refractivity contribution in [2.24, 2.45) is 0 Å². The summed E-state index contributed by atoms with van der Waals surface area (Å²) in [6.07, 6.45) is 2.09. The summed E-state index contributed by atoms with van der Waals surface area (Å²) < 4.78 is 0. The van der Waals surface area contributed by atoms with E-state index in [-0.39, 0.29) is 11.5 Å². The molecule has 2 aromatic heterocycles. The number of nitrogens with one attached hydrogen (secondary N) is 1. The van der Waals surface area contributed by atoms with Gasteiger partial charge in [0.25, 0.3) is 5.91 Å². The summed E-state index contributed by atoms with van der Waals surface area (Å²) in [5, 5.41) is 0. The quantitative estimate of drug-likeness (QED) is 0.795. The zero-order chi connectivity index (χ0) is 17.4. The van der Waals surface area contributed by atoms with Gasteiger partial charge in [-0.15, -0.1) is 0 Å². The Kier molecular flexibility index (Phi) is 3.80. The summed E-state index contributed by atoms with van der Waals surface area (Å²) in [6, 6.07) is 12.5. The second-order valence-corrected chi connectivity index (χ2v) is 6.42. The fourth-order valence-corrected chi connectivity index (χ4v) is 2.91. The number of fused-ring (bicyclic) bond motifs is 1. The fourth-order valence-electron chi connectivity index (χ4n) is 2.91. The third kappa shape index (κ3) is 3.15. The molecule has 25 heavy (non-hydrogen) atoms. The van der Waals surface area contributed by atoms with Crippen LogP contribution in [0.25, 0.3) is 11.0 Å². The zero-order valence-electron chi connectivity index (χ0n) is 13.9. The molecule has 1 N–H and O–H groups in total. The van der Waals surface area contributed by atoms with E-state index in [2.05, 4.69) is 9.97 Å². The Morgan fingerprint density at radius 1 is 1.12 bits per heavy atom. The molecule has 0 radical (unpaired) electrons. The van der Waals surface area contributed by atoms with Crippen molar-refractivity contribution in [2.45, 2.75) is 25.3 Å². The Morgan fingerprint density at radius 2 is 1.84 bits per heavy atom. The largest absolute Gasteiger partial charge is 0.334 e. The summed E-state index contributed by atoms with van der Waals surface area (Å²) in [7, 11) is 1.71. The van der Waals surface area contributed by atoms with Gasteiger partial charge in [0, 0.05) is 24.7 Å². The lowest BCUT2D eigenvalue weighted by Crippen LogP contribution is -2.29. The molecule has 126 valence electrons. The number of carbonyl (C=O) groups excluding carboxylic acids is 1. The number of hydrogen-bond donors (Lipinski definition) is 1. The molecule has 1 aromatic carbocycles. The van der Waals surface area contributed by atoms with Crippen LogP contribution in [0.1, 0.15) is 40.6 Å². The van der Waals surface area contributed by atoms with Crippen LogP contribution >= 0.6 is 0 Å². The van der Waals surface area contributed by atoms with Gasteiger partial charge in [-0.2, -0.15) is 0 Å². The Morgan fingerprint density at radius 3 is 2.52 bits per heavy atom. The predicted molar refractivity (Wildman–Crippen MR) is 94.4 cm³/mol. The maximum absolute atomic E-state index is 13.0. The molecular weight excluding hydrogens is 316 g/mol. The van der Waals surface area contributed by atoms with Crippen LogP contribution < -0.4 is 5.56 Å². The van der Waals surface area contributed by atoms with Gasteiger partial charge < -0.3 is 9.88 Å².